The molecule has 0 spiro atoms. The molecule has 2 heterocycles. The van der Waals surface area contributed by atoms with Gasteiger partial charge in [0.25, 0.3) is 0 Å². The molecule has 0 amide bonds. The first-order valence-electron chi connectivity index (χ1n) is 9.25. The molecule has 0 saturated carbocycles. The Morgan fingerprint density at radius 3 is 2.52 bits per heavy atom. The van der Waals surface area contributed by atoms with Crippen LogP contribution in [0, 0.1) is 11.8 Å². The molecule has 0 unspecified atom stereocenters. The largest absolute Gasteiger partial charge is 0.393 e. The molecule has 0 aliphatic carbocycles. The van der Waals surface area contributed by atoms with E-state index in [0.29, 0.717) is 25.9 Å². The van der Waals surface area contributed by atoms with Gasteiger partial charge in [-0.25, -0.2) is 0 Å². The molecule has 0 aromatic heterocycles. The third kappa shape index (κ3) is 5.34. The molecule has 8 atom stereocenters. The lowest BCUT2D eigenvalue weighted by Crippen LogP contribution is -2.50. The molecule has 0 bridgehead atoms. The fourth-order valence-electron chi connectivity index (χ4n) is 3.46. The van der Waals surface area contributed by atoms with E-state index in [0.717, 1.165) is 5.57 Å². The van der Waals surface area contributed by atoms with E-state index in [1.165, 1.54) is 0 Å². The van der Waals surface area contributed by atoms with E-state index >= 15 is 0 Å². The number of aliphatic hydroxyl groups excluding tert-OH is 3. The molecule has 6 heteroatoms. The average molecular weight is 356 g/mol. The van der Waals surface area contributed by atoms with E-state index < -0.39 is 24.4 Å². The molecule has 3 N–H and O–H groups in total. The van der Waals surface area contributed by atoms with Gasteiger partial charge in [0, 0.05) is 18.3 Å². The summed E-state index contributed by atoms with van der Waals surface area (Å²) in [5.74, 6) is -0.0948. The summed E-state index contributed by atoms with van der Waals surface area (Å²) in [6, 6.07) is 0. The van der Waals surface area contributed by atoms with Crippen LogP contribution in [-0.4, -0.2) is 64.3 Å². The molecular weight excluding hydrogens is 324 g/mol. The van der Waals surface area contributed by atoms with Crippen molar-refractivity contribution in [2.45, 2.75) is 83.6 Å². The lowest BCUT2D eigenvalue weighted by molar-refractivity contribution is -0.165. The van der Waals surface area contributed by atoms with Crippen LogP contribution in [-0.2, 0) is 14.3 Å². The Hall–Kier alpha value is -0.790. The van der Waals surface area contributed by atoms with Crippen molar-refractivity contribution in [3.8, 4) is 0 Å². The quantitative estimate of drug-likeness (QED) is 0.447. The van der Waals surface area contributed by atoms with E-state index in [2.05, 4.69) is 0 Å². The zero-order valence-electron chi connectivity index (χ0n) is 15.6. The van der Waals surface area contributed by atoms with Gasteiger partial charge in [-0.05, 0) is 32.8 Å². The number of ketones is 1. The van der Waals surface area contributed by atoms with Gasteiger partial charge >= 0.3 is 0 Å². The first kappa shape index (κ1) is 20.5. The number of ether oxygens (including phenoxy) is 2. The number of carbonyl (C=O) groups excluding carboxylic acids is 1. The van der Waals surface area contributed by atoms with Crippen molar-refractivity contribution in [1.82, 2.24) is 0 Å². The van der Waals surface area contributed by atoms with Gasteiger partial charge < -0.3 is 24.8 Å². The fourth-order valence-corrected chi connectivity index (χ4v) is 3.46. The van der Waals surface area contributed by atoms with Crippen LogP contribution in [0.3, 0.4) is 0 Å². The molecular formula is C19H32O6. The van der Waals surface area contributed by atoms with Gasteiger partial charge in [-0.2, -0.15) is 0 Å². The van der Waals surface area contributed by atoms with Gasteiger partial charge in [-0.1, -0.05) is 19.4 Å². The number of hydrogen-bond donors (Lipinski definition) is 3. The van der Waals surface area contributed by atoms with Crippen LogP contribution in [0.4, 0.5) is 0 Å². The van der Waals surface area contributed by atoms with Crippen LogP contribution in [0.5, 0.6) is 0 Å². The maximum Gasteiger partial charge on any atom is 0.155 e. The number of rotatable bonds is 8. The minimum absolute atomic E-state index is 0.000377. The highest BCUT2D eigenvalue weighted by Gasteiger charge is 2.48. The molecule has 6 nitrogen and oxygen atoms in total. The molecule has 144 valence electrons. The Morgan fingerprint density at radius 2 is 1.92 bits per heavy atom. The topological polar surface area (TPSA) is 99.5 Å². The third-order valence-electron chi connectivity index (χ3n) is 5.45. The highest BCUT2D eigenvalue weighted by atomic mass is 16.6. The Morgan fingerprint density at radius 1 is 1.24 bits per heavy atom. The van der Waals surface area contributed by atoms with E-state index in [9.17, 15) is 20.1 Å². The van der Waals surface area contributed by atoms with E-state index in [1.807, 2.05) is 13.8 Å². The number of hydrogen-bond acceptors (Lipinski definition) is 6. The van der Waals surface area contributed by atoms with Crippen molar-refractivity contribution < 1.29 is 29.6 Å². The predicted octanol–water partition coefficient (Wildman–Crippen LogP) is 1.21. The number of carbonyl (C=O) groups is 1. The van der Waals surface area contributed by atoms with Crippen LogP contribution < -0.4 is 0 Å². The zero-order valence-corrected chi connectivity index (χ0v) is 15.6. The third-order valence-corrected chi connectivity index (χ3v) is 5.45. The van der Waals surface area contributed by atoms with Crippen molar-refractivity contribution in [2.75, 3.05) is 6.61 Å². The van der Waals surface area contributed by atoms with Gasteiger partial charge in [-0.3, -0.25) is 4.79 Å². The average Bonchev–Trinajstić information content (AvgIpc) is 3.32. The lowest BCUT2D eigenvalue weighted by Gasteiger charge is -2.38. The van der Waals surface area contributed by atoms with Crippen LogP contribution in [0.2, 0.25) is 0 Å². The molecule has 2 saturated heterocycles. The van der Waals surface area contributed by atoms with Gasteiger partial charge in [0.15, 0.2) is 5.78 Å². The SMILES string of the molecule is CCC(=O)/C=C(\C)C[C@@H]1OC[C@H](C[C@@H]2O[C@H]2[C@@H](C)[C@H](C)O)[C@@H](O)[C@H]1O. The molecule has 0 radical (unpaired) electrons. The molecule has 2 rings (SSSR count). The second kappa shape index (κ2) is 8.73. The van der Waals surface area contributed by atoms with Crippen molar-refractivity contribution in [2.24, 2.45) is 11.8 Å². The first-order chi connectivity index (χ1) is 11.7. The van der Waals surface area contributed by atoms with Crippen molar-refractivity contribution in [3.63, 3.8) is 0 Å². The summed E-state index contributed by atoms with van der Waals surface area (Å²) in [6.45, 7) is 7.68. The summed E-state index contributed by atoms with van der Waals surface area (Å²) in [5, 5.41) is 30.4. The van der Waals surface area contributed by atoms with Gasteiger partial charge in [-0.15, -0.1) is 0 Å². The zero-order chi connectivity index (χ0) is 18.7. The standard InChI is InChI=1S/C19H32O6/c1-5-14(21)6-10(2)7-15-18(23)17(22)13(9-24-15)8-16-19(25-16)11(3)12(4)20/h6,11-13,15-20,22-23H,5,7-9H2,1-4H3/b10-6+/t11-,12-,13-,15-,16-,17+,18-,19-/m0/s1. The van der Waals surface area contributed by atoms with E-state index in [-0.39, 0.29) is 29.8 Å². The Kier molecular flexibility index (Phi) is 7.17. The number of aliphatic hydroxyl groups is 3. The number of allylic oxidation sites excluding steroid dienone is 1. The van der Waals surface area contributed by atoms with Gasteiger partial charge in [0.1, 0.15) is 6.10 Å². The van der Waals surface area contributed by atoms with Crippen molar-refractivity contribution in [3.05, 3.63) is 11.6 Å². The molecule has 25 heavy (non-hydrogen) atoms. The Labute approximate surface area is 149 Å². The highest BCUT2D eigenvalue weighted by molar-refractivity contribution is 5.89. The molecule has 2 fully saturated rings. The number of epoxide rings is 1. The summed E-state index contributed by atoms with van der Waals surface area (Å²) in [5.41, 5.74) is 0.845. The highest BCUT2D eigenvalue weighted by Crippen LogP contribution is 2.38. The maximum absolute atomic E-state index is 11.5. The van der Waals surface area contributed by atoms with Crippen LogP contribution in [0.15, 0.2) is 11.6 Å². The minimum Gasteiger partial charge on any atom is -0.393 e. The molecule has 0 aromatic rings. The summed E-state index contributed by atoms with van der Waals surface area (Å²) >= 11 is 0. The normalized spacial score (nSPS) is 38.3. The monoisotopic (exact) mass is 356 g/mol. The fraction of sp³-hybridized carbons (Fsp3) is 0.842. The summed E-state index contributed by atoms with van der Waals surface area (Å²) in [4.78, 5) is 11.5. The molecule has 2 aliphatic heterocycles. The maximum atomic E-state index is 11.5. The Bertz CT molecular complexity index is 488. The lowest BCUT2D eigenvalue weighted by atomic mass is 9.85. The Balaban J connectivity index is 1.84. The van der Waals surface area contributed by atoms with Crippen molar-refractivity contribution in [1.29, 1.82) is 0 Å². The summed E-state index contributed by atoms with van der Waals surface area (Å²) in [6.07, 6.45) is 0.280. The van der Waals surface area contributed by atoms with Gasteiger partial charge in [0.05, 0.1) is 37.1 Å². The smallest absolute Gasteiger partial charge is 0.155 e. The summed E-state index contributed by atoms with van der Waals surface area (Å²) < 4.78 is 11.4. The van der Waals surface area contributed by atoms with Crippen LogP contribution in [0.25, 0.3) is 0 Å². The van der Waals surface area contributed by atoms with Gasteiger partial charge in [0.2, 0.25) is 0 Å². The molecule has 0 aromatic carbocycles. The second-order valence-electron chi connectivity index (χ2n) is 7.60. The van der Waals surface area contributed by atoms with Crippen LogP contribution in [0.1, 0.15) is 47.0 Å². The first-order valence-corrected chi connectivity index (χ1v) is 9.25. The second-order valence-corrected chi connectivity index (χ2v) is 7.60. The van der Waals surface area contributed by atoms with E-state index in [4.69, 9.17) is 9.47 Å². The van der Waals surface area contributed by atoms with Crippen LogP contribution >= 0.6 is 0 Å². The van der Waals surface area contributed by atoms with Crippen molar-refractivity contribution >= 4 is 5.78 Å². The molecule has 2 aliphatic rings. The van der Waals surface area contributed by atoms with E-state index in [1.54, 1.807) is 19.9 Å². The predicted molar refractivity (Wildman–Crippen MR) is 93.0 cm³/mol. The summed E-state index contributed by atoms with van der Waals surface area (Å²) in [7, 11) is 0. The minimum atomic E-state index is -0.981.